The number of carbonyl (C=O) groups is 2. The predicted octanol–water partition coefficient (Wildman–Crippen LogP) is 1.58. The zero-order valence-electron chi connectivity index (χ0n) is 16.0. The minimum Gasteiger partial charge on any atom is -0.352 e. The molecule has 1 saturated heterocycles. The van der Waals surface area contributed by atoms with Gasteiger partial charge in [-0.3, -0.25) is 9.69 Å². The molecule has 1 aliphatic heterocycles. The van der Waals surface area contributed by atoms with Gasteiger partial charge in [0.2, 0.25) is 0 Å². The molecule has 0 aromatic heterocycles. The fourth-order valence-corrected chi connectivity index (χ4v) is 3.02. The number of carbonyl (C=O) groups excluding carboxylic acids is 2. The Morgan fingerprint density at radius 3 is 2.58 bits per heavy atom. The van der Waals surface area contributed by atoms with Crippen molar-refractivity contribution in [3.8, 4) is 0 Å². The Morgan fingerprint density at radius 1 is 1.15 bits per heavy atom. The zero-order valence-corrected chi connectivity index (χ0v) is 16.0. The third-order valence-electron chi connectivity index (χ3n) is 4.73. The van der Waals surface area contributed by atoms with Crippen LogP contribution in [0.3, 0.4) is 0 Å². The first-order valence-corrected chi connectivity index (χ1v) is 9.35. The van der Waals surface area contributed by atoms with Crippen LogP contribution in [0.1, 0.15) is 30.6 Å². The first kappa shape index (κ1) is 20.2. The van der Waals surface area contributed by atoms with Gasteiger partial charge in [-0.1, -0.05) is 6.07 Å². The summed E-state index contributed by atoms with van der Waals surface area (Å²) < 4.78 is 0. The first-order chi connectivity index (χ1) is 12.5. The first-order valence-electron chi connectivity index (χ1n) is 9.35. The molecule has 1 aromatic carbocycles. The summed E-state index contributed by atoms with van der Waals surface area (Å²) >= 11 is 0. The van der Waals surface area contributed by atoms with E-state index in [2.05, 4.69) is 39.7 Å². The molecule has 0 bridgehead atoms. The molecule has 1 atom stereocenters. The predicted molar refractivity (Wildman–Crippen MR) is 105 cm³/mol. The number of nitrogens with one attached hydrogen (secondary N) is 3. The zero-order chi connectivity index (χ0) is 18.9. The Kier molecular flexibility index (Phi) is 7.87. The van der Waals surface area contributed by atoms with E-state index in [9.17, 15) is 9.59 Å². The van der Waals surface area contributed by atoms with Gasteiger partial charge in [-0.05, 0) is 45.5 Å². The number of amides is 3. The molecular weight excluding hydrogens is 330 g/mol. The normalized spacial score (nSPS) is 16.7. The molecule has 1 aliphatic rings. The summed E-state index contributed by atoms with van der Waals surface area (Å²) in [6.45, 7) is 9.63. The number of anilines is 1. The molecule has 0 unspecified atom stereocenters. The number of benzene rings is 1. The van der Waals surface area contributed by atoms with Gasteiger partial charge in [-0.15, -0.1) is 0 Å². The molecule has 1 heterocycles. The smallest absolute Gasteiger partial charge is 0.319 e. The highest BCUT2D eigenvalue weighted by Crippen LogP contribution is 2.11. The van der Waals surface area contributed by atoms with Gasteiger partial charge < -0.3 is 20.9 Å². The van der Waals surface area contributed by atoms with Crippen LogP contribution >= 0.6 is 0 Å². The molecule has 2 rings (SSSR count). The Bertz CT molecular complexity index is 599. The lowest BCUT2D eigenvalue weighted by atomic mass is 10.1. The van der Waals surface area contributed by atoms with Gasteiger partial charge in [0, 0.05) is 56.6 Å². The summed E-state index contributed by atoms with van der Waals surface area (Å²) in [5, 5.41) is 8.43. The van der Waals surface area contributed by atoms with Crippen molar-refractivity contribution < 1.29 is 9.59 Å². The highest BCUT2D eigenvalue weighted by Gasteiger charge is 2.18. The van der Waals surface area contributed by atoms with Gasteiger partial charge in [-0.25, -0.2) is 4.79 Å². The maximum absolute atomic E-state index is 12.1. The second-order valence-corrected chi connectivity index (χ2v) is 6.80. The second kappa shape index (κ2) is 10.1. The minimum absolute atomic E-state index is 0.141. The maximum atomic E-state index is 12.1. The molecule has 1 fully saturated rings. The molecule has 144 valence electrons. The van der Waals surface area contributed by atoms with E-state index in [1.54, 1.807) is 24.3 Å². The largest absolute Gasteiger partial charge is 0.352 e. The van der Waals surface area contributed by atoms with Crippen molar-refractivity contribution in [2.24, 2.45) is 0 Å². The number of rotatable bonds is 7. The molecule has 3 N–H and O–H groups in total. The van der Waals surface area contributed by atoms with Crippen LogP contribution in [0.25, 0.3) is 0 Å². The minimum atomic E-state index is -0.247. The van der Waals surface area contributed by atoms with Crippen molar-refractivity contribution in [3.63, 3.8) is 0 Å². The summed E-state index contributed by atoms with van der Waals surface area (Å²) in [5.74, 6) is -0.141. The van der Waals surface area contributed by atoms with Gasteiger partial charge in [0.05, 0.1) is 0 Å². The van der Waals surface area contributed by atoms with Crippen LogP contribution < -0.4 is 16.0 Å². The van der Waals surface area contributed by atoms with E-state index in [0.717, 1.165) is 32.6 Å². The van der Waals surface area contributed by atoms with Crippen LogP contribution in [-0.2, 0) is 0 Å². The van der Waals surface area contributed by atoms with E-state index >= 15 is 0 Å². The molecule has 1 aromatic rings. The highest BCUT2D eigenvalue weighted by molar-refractivity contribution is 5.96. The molecule has 3 amide bonds. The van der Waals surface area contributed by atoms with E-state index in [0.29, 0.717) is 30.4 Å². The summed E-state index contributed by atoms with van der Waals surface area (Å²) in [5.41, 5.74) is 1.15. The van der Waals surface area contributed by atoms with Crippen molar-refractivity contribution in [2.75, 3.05) is 51.6 Å². The topological polar surface area (TPSA) is 76.7 Å². The van der Waals surface area contributed by atoms with E-state index in [4.69, 9.17) is 0 Å². The van der Waals surface area contributed by atoms with Crippen LogP contribution in [0, 0.1) is 0 Å². The SMILES string of the molecule is CCNC(=O)c1cccc(NC(=O)NCC[C@H](C)N2CCN(C)CC2)c1. The molecular formula is C19H31N5O2. The summed E-state index contributed by atoms with van der Waals surface area (Å²) in [7, 11) is 2.15. The van der Waals surface area contributed by atoms with Crippen LogP contribution in [0.15, 0.2) is 24.3 Å². The molecule has 26 heavy (non-hydrogen) atoms. The number of urea groups is 1. The Morgan fingerprint density at radius 2 is 1.88 bits per heavy atom. The van der Waals surface area contributed by atoms with E-state index in [-0.39, 0.29) is 11.9 Å². The van der Waals surface area contributed by atoms with Crippen LogP contribution in [0.5, 0.6) is 0 Å². The Balaban J connectivity index is 1.73. The highest BCUT2D eigenvalue weighted by atomic mass is 16.2. The monoisotopic (exact) mass is 361 g/mol. The Hall–Kier alpha value is -2.12. The van der Waals surface area contributed by atoms with Gasteiger partial charge in [0.15, 0.2) is 0 Å². The Labute approximate surface area is 156 Å². The number of piperazine rings is 1. The lowest BCUT2D eigenvalue weighted by molar-refractivity contribution is 0.0956. The van der Waals surface area contributed by atoms with Crippen molar-refractivity contribution in [2.45, 2.75) is 26.3 Å². The number of hydrogen-bond donors (Lipinski definition) is 3. The van der Waals surface area contributed by atoms with Crippen LogP contribution in [0.4, 0.5) is 10.5 Å². The van der Waals surface area contributed by atoms with Crippen molar-refractivity contribution in [1.29, 1.82) is 0 Å². The molecule has 7 heteroatoms. The van der Waals surface area contributed by atoms with Crippen LogP contribution in [-0.4, -0.2) is 74.1 Å². The van der Waals surface area contributed by atoms with Crippen molar-refractivity contribution in [3.05, 3.63) is 29.8 Å². The fourth-order valence-electron chi connectivity index (χ4n) is 3.02. The number of likely N-dealkylation sites (N-methyl/N-ethyl adjacent to an activating group) is 1. The molecule has 0 saturated carbocycles. The third kappa shape index (κ3) is 6.31. The molecule has 0 aliphatic carbocycles. The lowest BCUT2D eigenvalue weighted by Crippen LogP contribution is -2.48. The molecule has 0 spiro atoms. The fraction of sp³-hybridized carbons (Fsp3) is 0.579. The maximum Gasteiger partial charge on any atom is 0.319 e. The summed E-state index contributed by atoms with van der Waals surface area (Å²) in [6, 6.07) is 7.14. The van der Waals surface area contributed by atoms with Crippen molar-refractivity contribution in [1.82, 2.24) is 20.4 Å². The van der Waals surface area contributed by atoms with Gasteiger partial charge >= 0.3 is 6.03 Å². The average Bonchev–Trinajstić information content (AvgIpc) is 2.62. The van der Waals surface area contributed by atoms with E-state index in [1.807, 2.05) is 6.92 Å². The molecule has 0 radical (unpaired) electrons. The average molecular weight is 361 g/mol. The van der Waals surface area contributed by atoms with E-state index in [1.165, 1.54) is 0 Å². The summed E-state index contributed by atoms with van der Waals surface area (Å²) in [6.07, 6.45) is 0.913. The lowest BCUT2D eigenvalue weighted by Gasteiger charge is -2.36. The van der Waals surface area contributed by atoms with E-state index < -0.39 is 0 Å². The number of nitrogens with zero attached hydrogens (tertiary/aromatic N) is 2. The van der Waals surface area contributed by atoms with Gasteiger partial charge in [0.25, 0.3) is 5.91 Å². The summed E-state index contributed by atoms with van der Waals surface area (Å²) in [4.78, 5) is 28.7. The standard InChI is InChI=1S/C19H31N5O2/c1-4-20-18(25)16-6-5-7-17(14-16)22-19(26)21-9-8-15(2)24-12-10-23(3)11-13-24/h5-7,14-15H,4,8-13H2,1-3H3,(H,20,25)(H2,21,22,26)/t15-/m0/s1. The number of hydrogen-bond acceptors (Lipinski definition) is 4. The molecule has 7 nitrogen and oxygen atoms in total. The van der Waals surface area contributed by atoms with Gasteiger partial charge in [0.1, 0.15) is 0 Å². The second-order valence-electron chi connectivity index (χ2n) is 6.80. The third-order valence-corrected chi connectivity index (χ3v) is 4.73. The van der Waals surface area contributed by atoms with Gasteiger partial charge in [-0.2, -0.15) is 0 Å². The van der Waals surface area contributed by atoms with Crippen LogP contribution in [0.2, 0.25) is 0 Å². The van der Waals surface area contributed by atoms with Crippen molar-refractivity contribution >= 4 is 17.6 Å². The quantitative estimate of drug-likeness (QED) is 0.689.